The van der Waals surface area contributed by atoms with Crippen molar-refractivity contribution in [2.24, 2.45) is 5.41 Å². The third-order valence-electron chi connectivity index (χ3n) is 6.16. The standard InChI is InChI=1S/C19H22N4OS/c1-18(2)13-9-10-19(18,3)16-15(13)21-17(23-22-16)25-11-14(24)20-12-7-5-4-6-8-12/h4-8,13H,9-11H2,1-3H3,(H,20,24)/t13-,19+/m1/s1. The Morgan fingerprint density at radius 1 is 1.24 bits per heavy atom. The minimum atomic E-state index is -0.0610. The second-order valence-electron chi connectivity index (χ2n) is 7.68. The number of carbonyl (C=O) groups is 1. The van der Waals surface area contributed by atoms with Crippen LogP contribution in [0.5, 0.6) is 0 Å². The molecule has 1 N–H and O–H groups in total. The zero-order valence-electron chi connectivity index (χ0n) is 14.7. The summed E-state index contributed by atoms with van der Waals surface area (Å²) in [6.07, 6.45) is 2.31. The molecule has 1 fully saturated rings. The molecule has 2 aliphatic carbocycles. The highest BCUT2D eigenvalue weighted by molar-refractivity contribution is 7.99. The molecule has 2 aliphatic rings. The molecule has 0 spiro atoms. The molecule has 130 valence electrons. The van der Waals surface area contributed by atoms with Gasteiger partial charge < -0.3 is 5.32 Å². The summed E-state index contributed by atoms with van der Waals surface area (Å²) >= 11 is 1.34. The first-order chi connectivity index (χ1) is 11.9. The Morgan fingerprint density at radius 3 is 2.76 bits per heavy atom. The molecule has 1 heterocycles. The van der Waals surface area contributed by atoms with E-state index < -0.39 is 0 Å². The monoisotopic (exact) mass is 354 g/mol. The summed E-state index contributed by atoms with van der Waals surface area (Å²) in [4.78, 5) is 16.9. The van der Waals surface area contributed by atoms with Crippen molar-refractivity contribution >= 4 is 23.4 Å². The fourth-order valence-electron chi connectivity index (χ4n) is 4.27. The van der Waals surface area contributed by atoms with E-state index in [9.17, 15) is 4.79 Å². The molecule has 0 aliphatic heterocycles. The summed E-state index contributed by atoms with van der Waals surface area (Å²) in [5.41, 5.74) is 3.20. The second-order valence-corrected chi connectivity index (χ2v) is 8.62. The Bertz CT molecular complexity index is 823. The first kappa shape index (κ1) is 16.5. The molecule has 2 aromatic rings. The van der Waals surface area contributed by atoms with Crippen LogP contribution in [0.2, 0.25) is 0 Å². The number of carbonyl (C=O) groups excluding carboxylic acids is 1. The molecule has 1 amide bonds. The molecular formula is C19H22N4OS. The van der Waals surface area contributed by atoms with E-state index in [1.54, 1.807) is 0 Å². The van der Waals surface area contributed by atoms with Gasteiger partial charge >= 0.3 is 0 Å². The van der Waals surface area contributed by atoms with Gasteiger partial charge in [-0.3, -0.25) is 4.79 Å². The highest BCUT2D eigenvalue weighted by atomic mass is 32.2. The Labute approximate surface area is 152 Å². The maximum absolute atomic E-state index is 12.1. The van der Waals surface area contributed by atoms with Gasteiger partial charge in [-0.2, -0.15) is 5.10 Å². The van der Waals surface area contributed by atoms with Crippen molar-refractivity contribution in [2.45, 2.75) is 50.1 Å². The van der Waals surface area contributed by atoms with Crippen LogP contribution in [-0.2, 0) is 10.2 Å². The third-order valence-corrected chi connectivity index (χ3v) is 7.00. The number of amides is 1. The van der Waals surface area contributed by atoms with Gasteiger partial charge in [0.1, 0.15) is 0 Å². The minimum absolute atomic E-state index is 0.0610. The lowest BCUT2D eigenvalue weighted by Gasteiger charge is -2.33. The summed E-state index contributed by atoms with van der Waals surface area (Å²) in [7, 11) is 0. The number of rotatable bonds is 4. The Morgan fingerprint density at radius 2 is 2.00 bits per heavy atom. The molecule has 0 unspecified atom stereocenters. The van der Waals surface area contributed by atoms with Crippen molar-refractivity contribution < 1.29 is 4.79 Å². The number of aromatic nitrogens is 3. The summed E-state index contributed by atoms with van der Waals surface area (Å²) in [6, 6.07) is 9.45. The SMILES string of the molecule is CC1(C)[C@@H]2CC[C@@]1(C)c1nnc(SCC(=O)Nc3ccccc3)nc12. The number of benzene rings is 1. The van der Waals surface area contributed by atoms with Crippen molar-refractivity contribution in [3.63, 3.8) is 0 Å². The topological polar surface area (TPSA) is 67.8 Å². The van der Waals surface area contributed by atoms with Crippen LogP contribution in [0.25, 0.3) is 0 Å². The summed E-state index contributed by atoms with van der Waals surface area (Å²) < 4.78 is 0. The average Bonchev–Trinajstić information content (AvgIpc) is 2.93. The molecule has 6 heteroatoms. The van der Waals surface area contributed by atoms with Gasteiger partial charge in [-0.25, -0.2) is 4.98 Å². The lowest BCUT2D eigenvalue weighted by atomic mass is 9.70. The molecule has 1 aromatic carbocycles. The summed E-state index contributed by atoms with van der Waals surface area (Å²) in [6.45, 7) is 6.91. The number of hydrogen-bond acceptors (Lipinski definition) is 5. The van der Waals surface area contributed by atoms with E-state index in [1.165, 1.54) is 11.8 Å². The smallest absolute Gasteiger partial charge is 0.234 e. The van der Waals surface area contributed by atoms with E-state index in [1.807, 2.05) is 30.3 Å². The Hall–Kier alpha value is -1.95. The highest BCUT2D eigenvalue weighted by Gasteiger charge is 2.61. The first-order valence-corrected chi connectivity index (χ1v) is 9.63. The van der Waals surface area contributed by atoms with Crippen LogP contribution < -0.4 is 5.32 Å². The molecule has 0 saturated heterocycles. The van der Waals surface area contributed by atoms with Gasteiger partial charge in [0.05, 0.1) is 17.1 Å². The van der Waals surface area contributed by atoms with Crippen molar-refractivity contribution in [1.82, 2.24) is 15.2 Å². The fourth-order valence-corrected chi connectivity index (χ4v) is 4.86. The van der Waals surface area contributed by atoms with Gasteiger partial charge in [0, 0.05) is 17.0 Å². The van der Waals surface area contributed by atoms with Crippen LogP contribution in [0.1, 0.15) is 50.9 Å². The quantitative estimate of drug-likeness (QED) is 0.847. The van der Waals surface area contributed by atoms with E-state index in [0.717, 1.165) is 29.9 Å². The van der Waals surface area contributed by atoms with E-state index in [0.29, 0.717) is 11.1 Å². The molecule has 1 saturated carbocycles. The first-order valence-electron chi connectivity index (χ1n) is 8.64. The largest absolute Gasteiger partial charge is 0.325 e. The van der Waals surface area contributed by atoms with Crippen LogP contribution in [0, 0.1) is 5.41 Å². The number of nitrogens with one attached hydrogen (secondary N) is 1. The third kappa shape index (κ3) is 2.54. The molecule has 2 atom stereocenters. The van der Waals surface area contributed by atoms with Gasteiger partial charge in [0.15, 0.2) is 0 Å². The maximum atomic E-state index is 12.1. The van der Waals surface area contributed by atoms with Crippen molar-refractivity contribution in [3.8, 4) is 0 Å². The van der Waals surface area contributed by atoms with Crippen LogP contribution >= 0.6 is 11.8 Å². The molecule has 0 radical (unpaired) electrons. The Kier molecular flexibility index (Phi) is 3.83. The maximum Gasteiger partial charge on any atom is 0.234 e. The molecular weight excluding hydrogens is 332 g/mol. The Balaban J connectivity index is 1.46. The lowest BCUT2D eigenvalue weighted by Crippen LogP contribution is -2.32. The van der Waals surface area contributed by atoms with Crippen molar-refractivity contribution in [1.29, 1.82) is 0 Å². The zero-order valence-corrected chi connectivity index (χ0v) is 15.6. The predicted octanol–water partition coefficient (Wildman–Crippen LogP) is 3.78. The van der Waals surface area contributed by atoms with Crippen LogP contribution in [0.15, 0.2) is 35.5 Å². The number of nitrogens with zero attached hydrogens (tertiary/aromatic N) is 3. The molecule has 5 nitrogen and oxygen atoms in total. The fraction of sp³-hybridized carbons (Fsp3) is 0.474. The lowest BCUT2D eigenvalue weighted by molar-refractivity contribution is -0.113. The highest BCUT2D eigenvalue weighted by Crippen LogP contribution is 2.66. The second kappa shape index (κ2) is 5.80. The summed E-state index contributed by atoms with van der Waals surface area (Å²) in [5, 5.41) is 12.3. The van der Waals surface area contributed by atoms with Crippen molar-refractivity contribution in [2.75, 3.05) is 11.1 Å². The number of fused-ring (bicyclic) bond motifs is 5. The normalized spacial score (nSPS) is 25.6. The van der Waals surface area contributed by atoms with Crippen LogP contribution in [0.3, 0.4) is 0 Å². The summed E-state index contributed by atoms with van der Waals surface area (Å²) in [5.74, 6) is 0.662. The van der Waals surface area contributed by atoms with Crippen LogP contribution in [0.4, 0.5) is 5.69 Å². The van der Waals surface area contributed by atoms with Gasteiger partial charge in [-0.15, -0.1) is 5.10 Å². The van der Waals surface area contributed by atoms with E-state index in [-0.39, 0.29) is 22.5 Å². The molecule has 2 bridgehead atoms. The van der Waals surface area contributed by atoms with Gasteiger partial charge in [-0.1, -0.05) is 50.7 Å². The van der Waals surface area contributed by atoms with Crippen LogP contribution in [-0.4, -0.2) is 26.8 Å². The van der Waals surface area contributed by atoms with Gasteiger partial charge in [-0.05, 0) is 30.4 Å². The number of para-hydroxylation sites is 1. The molecule has 25 heavy (non-hydrogen) atoms. The zero-order chi connectivity index (χ0) is 17.7. The predicted molar refractivity (Wildman–Crippen MR) is 98.7 cm³/mol. The molecule has 1 aromatic heterocycles. The number of thioether (sulfide) groups is 1. The van der Waals surface area contributed by atoms with Gasteiger partial charge in [0.2, 0.25) is 11.1 Å². The average molecular weight is 354 g/mol. The van der Waals surface area contributed by atoms with Crippen molar-refractivity contribution in [3.05, 3.63) is 41.7 Å². The number of hydrogen-bond donors (Lipinski definition) is 1. The number of anilines is 1. The van der Waals surface area contributed by atoms with E-state index >= 15 is 0 Å². The van der Waals surface area contributed by atoms with E-state index in [2.05, 4.69) is 36.3 Å². The molecule has 4 rings (SSSR count). The minimum Gasteiger partial charge on any atom is -0.325 e. The van der Waals surface area contributed by atoms with E-state index in [4.69, 9.17) is 4.98 Å². The van der Waals surface area contributed by atoms with Gasteiger partial charge in [0.25, 0.3) is 0 Å².